The summed E-state index contributed by atoms with van der Waals surface area (Å²) in [5.74, 6) is -3.21. The second kappa shape index (κ2) is 7.13. The summed E-state index contributed by atoms with van der Waals surface area (Å²) in [6, 6.07) is 3.98. The van der Waals surface area contributed by atoms with Crippen molar-refractivity contribution in [2.45, 2.75) is 49.7 Å². The molecular weight excluding hydrogens is 400 g/mol. The topological polar surface area (TPSA) is 68.5 Å². The Bertz CT molecular complexity index is 780. The van der Waals surface area contributed by atoms with Crippen LogP contribution in [0, 0.1) is 23.7 Å². The number of carbonyl (C=O) groups is 1. The number of amides is 1. The Morgan fingerprint density at radius 2 is 1.86 bits per heavy atom. The van der Waals surface area contributed by atoms with Crippen molar-refractivity contribution < 1.29 is 18.3 Å². The van der Waals surface area contributed by atoms with E-state index in [1.165, 1.54) is 0 Å². The lowest BCUT2D eigenvalue weighted by Crippen LogP contribution is -2.60. The van der Waals surface area contributed by atoms with Gasteiger partial charge in [0.05, 0.1) is 0 Å². The van der Waals surface area contributed by atoms with E-state index in [0.29, 0.717) is 12.8 Å². The van der Waals surface area contributed by atoms with Gasteiger partial charge in [0.25, 0.3) is 11.8 Å². The first-order valence-electron chi connectivity index (χ1n) is 10.3. The van der Waals surface area contributed by atoms with Gasteiger partial charge in [0.2, 0.25) is 0 Å². The molecule has 0 aromatic carbocycles. The maximum absolute atomic E-state index is 13.6. The molecule has 6 atom stereocenters. The van der Waals surface area contributed by atoms with Gasteiger partial charge < -0.3 is 10.5 Å². The highest BCUT2D eigenvalue weighted by Crippen LogP contribution is 2.65. The summed E-state index contributed by atoms with van der Waals surface area (Å²) < 4.78 is 33.5. The number of pyridine rings is 1. The number of halogens is 3. The van der Waals surface area contributed by atoms with Crippen LogP contribution in [0.15, 0.2) is 18.3 Å². The summed E-state index contributed by atoms with van der Waals surface area (Å²) in [5.41, 5.74) is 6.20. The van der Waals surface area contributed by atoms with E-state index >= 15 is 0 Å². The number of piperidine rings is 1. The van der Waals surface area contributed by atoms with Gasteiger partial charge in [-0.3, -0.25) is 14.7 Å². The minimum Gasteiger partial charge on any atom is -0.373 e. The Kier molecular flexibility index (Phi) is 5.15. The van der Waals surface area contributed by atoms with Crippen molar-refractivity contribution >= 4 is 18.3 Å². The molecule has 5 nitrogen and oxygen atoms in total. The minimum atomic E-state index is -2.42. The number of fused-ring (bicyclic) bond motifs is 3. The highest BCUT2D eigenvalue weighted by Gasteiger charge is 2.72. The van der Waals surface area contributed by atoms with Crippen molar-refractivity contribution in [3.8, 4) is 0 Å². The fourth-order valence-corrected chi connectivity index (χ4v) is 6.58. The number of hydrogen-bond acceptors (Lipinski definition) is 4. The molecule has 2 bridgehead atoms. The zero-order chi connectivity index (χ0) is 19.7. The molecule has 160 valence electrons. The van der Waals surface area contributed by atoms with E-state index in [0.717, 1.165) is 37.9 Å². The summed E-state index contributed by atoms with van der Waals surface area (Å²) >= 11 is 0. The number of primary amides is 1. The van der Waals surface area contributed by atoms with Gasteiger partial charge >= 0.3 is 0 Å². The van der Waals surface area contributed by atoms with E-state index in [-0.39, 0.29) is 36.0 Å². The van der Waals surface area contributed by atoms with Crippen molar-refractivity contribution in [1.82, 2.24) is 9.88 Å². The van der Waals surface area contributed by atoms with Crippen molar-refractivity contribution in [2.75, 3.05) is 20.2 Å². The molecule has 3 aliphatic carbocycles. The summed E-state index contributed by atoms with van der Waals surface area (Å²) in [6.45, 7) is 1.71. The van der Waals surface area contributed by atoms with E-state index in [4.69, 9.17) is 10.5 Å². The molecule has 1 aromatic rings. The Morgan fingerprint density at radius 3 is 2.41 bits per heavy atom. The van der Waals surface area contributed by atoms with Crippen LogP contribution in [0.5, 0.6) is 0 Å². The molecule has 3 saturated carbocycles. The van der Waals surface area contributed by atoms with Crippen LogP contribution in [0.1, 0.15) is 48.2 Å². The van der Waals surface area contributed by atoms with E-state index in [1.54, 1.807) is 19.4 Å². The van der Waals surface area contributed by atoms with E-state index in [2.05, 4.69) is 9.88 Å². The number of carbonyl (C=O) groups excluding carboxylic acids is 1. The van der Waals surface area contributed by atoms with Gasteiger partial charge in [0, 0.05) is 56.1 Å². The molecule has 1 aliphatic heterocycles. The largest absolute Gasteiger partial charge is 0.373 e. The number of alkyl halides is 2. The third-order valence-corrected chi connectivity index (χ3v) is 7.96. The zero-order valence-electron chi connectivity index (χ0n) is 16.5. The number of likely N-dealkylation sites (tertiary alicyclic amines) is 1. The van der Waals surface area contributed by atoms with Gasteiger partial charge in [-0.15, -0.1) is 12.4 Å². The first-order valence-corrected chi connectivity index (χ1v) is 10.3. The lowest BCUT2D eigenvalue weighted by Gasteiger charge is -2.56. The number of rotatable bonds is 4. The van der Waals surface area contributed by atoms with Gasteiger partial charge in [-0.2, -0.15) is 0 Å². The van der Waals surface area contributed by atoms with Crippen LogP contribution < -0.4 is 5.73 Å². The van der Waals surface area contributed by atoms with Crippen LogP contribution in [0.25, 0.3) is 0 Å². The fourth-order valence-electron chi connectivity index (χ4n) is 6.58. The quantitative estimate of drug-likeness (QED) is 0.801. The first kappa shape index (κ1) is 20.9. The summed E-state index contributed by atoms with van der Waals surface area (Å²) in [5, 5.41) is 0. The van der Waals surface area contributed by atoms with Gasteiger partial charge in [0.1, 0.15) is 11.3 Å². The second-order valence-electron chi connectivity index (χ2n) is 9.08. The summed E-state index contributed by atoms with van der Waals surface area (Å²) in [6.07, 6.45) is 6.09. The maximum Gasteiger partial charge on any atom is 0.267 e. The number of aromatic nitrogens is 1. The van der Waals surface area contributed by atoms with Crippen LogP contribution in [-0.4, -0.2) is 48.0 Å². The molecular formula is C21H28ClF2N3O2. The Balaban J connectivity index is 0.00000205. The van der Waals surface area contributed by atoms with Crippen molar-refractivity contribution in [2.24, 2.45) is 29.4 Å². The Hall–Kier alpha value is -1.31. The van der Waals surface area contributed by atoms with Gasteiger partial charge in [-0.05, 0) is 43.4 Å². The molecule has 1 amide bonds. The van der Waals surface area contributed by atoms with Crippen LogP contribution in [0.4, 0.5) is 8.78 Å². The predicted molar refractivity (Wildman–Crippen MR) is 106 cm³/mol. The van der Waals surface area contributed by atoms with Gasteiger partial charge in [-0.25, -0.2) is 8.78 Å². The highest BCUT2D eigenvalue weighted by molar-refractivity contribution is 5.90. The van der Waals surface area contributed by atoms with E-state index in [1.807, 2.05) is 6.07 Å². The van der Waals surface area contributed by atoms with Crippen molar-refractivity contribution in [3.63, 3.8) is 0 Å². The third-order valence-electron chi connectivity index (χ3n) is 7.96. The SMILES string of the molecule is CO[C@]1(c2ccnc(C(N)=O)c2)[C@@H]2CCC[C@H]1CN([C@@H]1C[C@@H]3[C@H](C1)C3(F)F)C2.Cl. The lowest BCUT2D eigenvalue weighted by molar-refractivity contribution is -0.175. The number of ether oxygens (including phenoxy) is 1. The number of nitrogens with two attached hydrogens (primary N) is 1. The van der Waals surface area contributed by atoms with Crippen LogP contribution >= 0.6 is 12.4 Å². The lowest BCUT2D eigenvalue weighted by atomic mass is 9.62. The fraction of sp³-hybridized carbons (Fsp3) is 0.714. The molecule has 1 aromatic heterocycles. The van der Waals surface area contributed by atoms with Crippen LogP contribution in [0.2, 0.25) is 0 Å². The number of hydrogen-bond donors (Lipinski definition) is 1. The molecule has 2 N–H and O–H groups in total. The molecule has 29 heavy (non-hydrogen) atoms. The molecule has 1 saturated heterocycles. The molecule has 4 fully saturated rings. The summed E-state index contributed by atoms with van der Waals surface area (Å²) in [7, 11) is 1.75. The number of nitrogens with zero attached hydrogens (tertiary/aromatic N) is 2. The predicted octanol–water partition coefficient (Wildman–Crippen LogP) is 3.22. The van der Waals surface area contributed by atoms with E-state index in [9.17, 15) is 13.6 Å². The normalized spacial score (nSPS) is 40.0. The Morgan fingerprint density at radius 1 is 1.24 bits per heavy atom. The molecule has 0 unspecified atom stereocenters. The molecule has 5 rings (SSSR count). The molecule has 0 radical (unpaired) electrons. The molecule has 0 spiro atoms. The van der Waals surface area contributed by atoms with Crippen molar-refractivity contribution in [3.05, 3.63) is 29.6 Å². The van der Waals surface area contributed by atoms with E-state index < -0.39 is 29.3 Å². The van der Waals surface area contributed by atoms with Gasteiger partial charge in [-0.1, -0.05) is 6.42 Å². The molecule has 2 heterocycles. The monoisotopic (exact) mass is 427 g/mol. The second-order valence-corrected chi connectivity index (χ2v) is 9.08. The average Bonchev–Trinajstić information content (AvgIpc) is 3.01. The van der Waals surface area contributed by atoms with Crippen molar-refractivity contribution in [1.29, 1.82) is 0 Å². The van der Waals surface area contributed by atoms with Crippen LogP contribution in [0.3, 0.4) is 0 Å². The smallest absolute Gasteiger partial charge is 0.267 e. The average molecular weight is 428 g/mol. The molecule has 4 aliphatic rings. The first-order chi connectivity index (χ1) is 13.4. The maximum atomic E-state index is 13.6. The third kappa shape index (κ3) is 3.00. The summed E-state index contributed by atoms with van der Waals surface area (Å²) in [4.78, 5) is 18.2. The highest BCUT2D eigenvalue weighted by atomic mass is 35.5. The number of methoxy groups -OCH3 is 1. The molecule has 8 heteroatoms. The zero-order valence-corrected chi connectivity index (χ0v) is 17.3. The Labute approximate surface area is 175 Å². The minimum absolute atomic E-state index is 0. The standard InChI is InChI=1S/C21H27F2N3O2.ClH/c1-28-20(12-5-6-25-18(7-12)19(24)27)13-3-2-4-14(20)11-26(10-13)15-8-16-17(9-15)21(16,22)23;/h5-7,13-17H,2-4,8-11H2,1H3,(H2,24,27);1H/t13-,14+,15-,16-,17+,20-;. The van der Waals surface area contributed by atoms with Crippen LogP contribution in [-0.2, 0) is 10.3 Å². The van der Waals surface area contributed by atoms with Gasteiger partial charge in [0.15, 0.2) is 0 Å².